The van der Waals surface area contributed by atoms with Crippen molar-refractivity contribution in [2.75, 3.05) is 25.4 Å². The van der Waals surface area contributed by atoms with Crippen molar-refractivity contribution in [3.63, 3.8) is 0 Å². The first kappa shape index (κ1) is 23.3. The van der Waals surface area contributed by atoms with Gasteiger partial charge < -0.3 is 9.47 Å². The van der Waals surface area contributed by atoms with Gasteiger partial charge in [-0.25, -0.2) is 8.42 Å². The van der Waals surface area contributed by atoms with E-state index in [1.807, 2.05) is 11.0 Å². The van der Waals surface area contributed by atoms with Gasteiger partial charge in [0.1, 0.15) is 6.54 Å². The summed E-state index contributed by atoms with van der Waals surface area (Å²) in [7, 11) is -3.85. The zero-order chi connectivity index (χ0) is 24.6. The molecule has 3 amide bonds. The maximum atomic E-state index is 13.4. The summed E-state index contributed by atoms with van der Waals surface area (Å²) in [4.78, 5) is 41.2. The molecule has 0 bridgehead atoms. The number of rotatable bonds is 6. The fourth-order valence-electron chi connectivity index (χ4n) is 4.92. The van der Waals surface area contributed by atoms with Crippen LogP contribution in [-0.2, 0) is 21.2 Å². The third kappa shape index (κ3) is 4.36. The molecule has 1 saturated heterocycles. The largest absolute Gasteiger partial charge is 0.341 e. The second-order valence-corrected chi connectivity index (χ2v) is 11.1. The highest BCUT2D eigenvalue weighted by Gasteiger charge is 2.36. The van der Waals surface area contributed by atoms with E-state index in [1.54, 1.807) is 47.0 Å². The topological polar surface area (TPSA) is 96.8 Å². The van der Waals surface area contributed by atoms with Crippen LogP contribution in [0.2, 0.25) is 0 Å². The van der Waals surface area contributed by atoms with Crippen LogP contribution in [-0.4, -0.2) is 65.9 Å². The van der Waals surface area contributed by atoms with E-state index in [0.717, 1.165) is 43.7 Å². The number of benzene rings is 2. The van der Waals surface area contributed by atoms with Crippen LogP contribution in [0.3, 0.4) is 0 Å². The van der Waals surface area contributed by atoms with Gasteiger partial charge in [0.2, 0.25) is 5.91 Å². The van der Waals surface area contributed by atoms with E-state index in [2.05, 4.69) is 0 Å². The summed E-state index contributed by atoms with van der Waals surface area (Å²) >= 11 is 0. The van der Waals surface area contributed by atoms with Crippen LogP contribution in [0, 0.1) is 0 Å². The number of imide groups is 1. The van der Waals surface area contributed by atoms with Crippen LogP contribution in [0.4, 0.5) is 0 Å². The van der Waals surface area contributed by atoms with E-state index in [9.17, 15) is 22.8 Å². The highest BCUT2D eigenvalue weighted by Crippen LogP contribution is 2.28. The molecule has 0 saturated carbocycles. The number of amides is 3. The van der Waals surface area contributed by atoms with Crippen molar-refractivity contribution in [1.29, 1.82) is 0 Å². The van der Waals surface area contributed by atoms with Crippen LogP contribution in [0.1, 0.15) is 46.4 Å². The number of likely N-dealkylation sites (tertiary alicyclic amines) is 1. The summed E-state index contributed by atoms with van der Waals surface area (Å²) in [5.74, 6) is -1.38. The van der Waals surface area contributed by atoms with E-state index in [-0.39, 0.29) is 23.9 Å². The van der Waals surface area contributed by atoms with Crippen molar-refractivity contribution >= 4 is 38.5 Å². The summed E-state index contributed by atoms with van der Waals surface area (Å²) in [5.41, 5.74) is 1.24. The lowest BCUT2D eigenvalue weighted by Crippen LogP contribution is -2.34. The van der Waals surface area contributed by atoms with Crippen molar-refractivity contribution in [3.8, 4) is 0 Å². The molecule has 8 nitrogen and oxygen atoms in total. The monoisotopic (exact) mass is 493 g/mol. The average Bonchev–Trinajstić information content (AvgIpc) is 3.17. The van der Waals surface area contributed by atoms with Gasteiger partial charge in [-0.2, -0.15) is 0 Å². The predicted molar refractivity (Wildman–Crippen MR) is 131 cm³/mol. The molecule has 182 valence electrons. The Hall–Kier alpha value is -3.46. The summed E-state index contributed by atoms with van der Waals surface area (Å²) < 4.78 is 28.4. The molecule has 5 rings (SSSR count). The van der Waals surface area contributed by atoms with E-state index in [4.69, 9.17) is 0 Å². The van der Waals surface area contributed by atoms with Crippen LogP contribution >= 0.6 is 0 Å². The van der Waals surface area contributed by atoms with Crippen LogP contribution in [0.25, 0.3) is 10.9 Å². The van der Waals surface area contributed by atoms with Crippen molar-refractivity contribution in [3.05, 3.63) is 65.9 Å². The fourth-order valence-corrected chi connectivity index (χ4v) is 6.36. The predicted octanol–water partition coefficient (Wildman–Crippen LogP) is 3.11. The van der Waals surface area contributed by atoms with Gasteiger partial charge in [-0.05, 0) is 31.0 Å². The first-order valence-corrected chi connectivity index (χ1v) is 13.6. The fraction of sp³-hybridized carbons (Fsp3) is 0.346. The molecule has 2 aliphatic heterocycles. The molecule has 1 aromatic heterocycles. The molecular formula is C26H27N3O5S. The standard InChI is InChI=1S/C26H27N3O5S/c30-24(27-13-7-1-2-8-14-27)18-28-17-23(21-11-5-6-12-22(21)28)35(33,34)16-15-29-25(31)19-9-3-4-10-20(19)26(29)32/h3-6,9-12,17H,1-2,7-8,13-16,18H2. The van der Waals surface area contributed by atoms with Gasteiger partial charge in [0.25, 0.3) is 11.8 Å². The maximum absolute atomic E-state index is 13.4. The average molecular weight is 494 g/mol. The van der Waals surface area contributed by atoms with Crippen LogP contribution in [0.15, 0.2) is 59.6 Å². The number of fused-ring (bicyclic) bond motifs is 2. The summed E-state index contributed by atoms with van der Waals surface area (Å²) in [6, 6.07) is 13.6. The zero-order valence-corrected chi connectivity index (χ0v) is 20.2. The molecule has 0 N–H and O–H groups in total. The van der Waals surface area contributed by atoms with Gasteiger partial charge in [-0.1, -0.05) is 43.2 Å². The van der Waals surface area contributed by atoms with Crippen molar-refractivity contribution in [2.24, 2.45) is 0 Å². The summed E-state index contributed by atoms with van der Waals surface area (Å²) in [6.07, 6.45) is 5.71. The molecule has 2 aromatic carbocycles. The first-order chi connectivity index (χ1) is 16.9. The Morgan fingerprint density at radius 2 is 1.43 bits per heavy atom. The Morgan fingerprint density at radius 3 is 2.09 bits per heavy atom. The number of hydrogen-bond donors (Lipinski definition) is 0. The quantitative estimate of drug-likeness (QED) is 0.492. The number of carbonyl (C=O) groups is 3. The molecule has 0 unspecified atom stereocenters. The molecule has 0 radical (unpaired) electrons. The van der Waals surface area contributed by atoms with Gasteiger partial charge in [0.15, 0.2) is 9.84 Å². The summed E-state index contributed by atoms with van der Waals surface area (Å²) in [6.45, 7) is 1.28. The molecule has 2 aliphatic rings. The van der Waals surface area contributed by atoms with Crippen LogP contribution in [0.5, 0.6) is 0 Å². The van der Waals surface area contributed by atoms with E-state index < -0.39 is 27.4 Å². The SMILES string of the molecule is O=C(Cn1cc(S(=O)(=O)CCN2C(=O)c3ccccc3C2=O)c2ccccc21)N1CCCCCC1. The third-order valence-electron chi connectivity index (χ3n) is 6.81. The molecule has 0 atom stereocenters. The number of nitrogens with zero attached hydrogens (tertiary/aromatic N) is 3. The first-order valence-electron chi connectivity index (χ1n) is 11.9. The highest BCUT2D eigenvalue weighted by atomic mass is 32.2. The Bertz CT molecular complexity index is 1380. The van der Waals surface area contributed by atoms with Gasteiger partial charge in [-0.3, -0.25) is 19.3 Å². The van der Waals surface area contributed by atoms with E-state index in [0.29, 0.717) is 22.0 Å². The Morgan fingerprint density at radius 1 is 0.829 bits per heavy atom. The number of carbonyl (C=O) groups excluding carboxylic acids is 3. The number of aromatic nitrogens is 1. The Labute approximate surface area is 204 Å². The van der Waals surface area contributed by atoms with Crippen molar-refractivity contribution < 1.29 is 22.8 Å². The van der Waals surface area contributed by atoms with Gasteiger partial charge in [0, 0.05) is 36.7 Å². The number of hydrogen-bond acceptors (Lipinski definition) is 5. The molecule has 35 heavy (non-hydrogen) atoms. The van der Waals surface area contributed by atoms with Gasteiger partial charge >= 0.3 is 0 Å². The summed E-state index contributed by atoms with van der Waals surface area (Å²) in [5, 5.41) is 0.526. The number of sulfone groups is 1. The molecule has 0 aliphatic carbocycles. The van der Waals surface area contributed by atoms with Gasteiger partial charge in [-0.15, -0.1) is 0 Å². The smallest absolute Gasteiger partial charge is 0.261 e. The van der Waals surface area contributed by atoms with E-state index >= 15 is 0 Å². The third-order valence-corrected chi connectivity index (χ3v) is 8.53. The molecule has 3 aromatic rings. The normalized spacial score (nSPS) is 16.6. The lowest BCUT2D eigenvalue weighted by molar-refractivity contribution is -0.131. The highest BCUT2D eigenvalue weighted by molar-refractivity contribution is 7.91. The van der Waals surface area contributed by atoms with Crippen LogP contribution < -0.4 is 0 Å². The van der Waals surface area contributed by atoms with Gasteiger partial charge in [0.05, 0.1) is 21.8 Å². The maximum Gasteiger partial charge on any atom is 0.261 e. The minimum absolute atomic E-state index is 0.0253. The minimum Gasteiger partial charge on any atom is -0.341 e. The molecule has 9 heteroatoms. The lowest BCUT2D eigenvalue weighted by Gasteiger charge is -2.20. The Balaban J connectivity index is 1.38. The minimum atomic E-state index is -3.85. The zero-order valence-electron chi connectivity index (χ0n) is 19.4. The second kappa shape index (κ2) is 9.30. The lowest BCUT2D eigenvalue weighted by atomic mass is 10.1. The van der Waals surface area contributed by atoms with Crippen molar-refractivity contribution in [2.45, 2.75) is 37.1 Å². The second-order valence-electron chi connectivity index (χ2n) is 9.06. The van der Waals surface area contributed by atoms with E-state index in [1.165, 1.54) is 6.20 Å². The molecule has 1 fully saturated rings. The molecule has 3 heterocycles. The molecular weight excluding hydrogens is 466 g/mol. The Kier molecular flexibility index (Phi) is 6.19. The molecule has 0 spiro atoms. The van der Waals surface area contributed by atoms with Crippen molar-refractivity contribution in [1.82, 2.24) is 14.4 Å². The number of para-hydroxylation sites is 1.